The summed E-state index contributed by atoms with van der Waals surface area (Å²) >= 11 is 0. The van der Waals surface area contributed by atoms with Gasteiger partial charge in [0.1, 0.15) is 17.5 Å². The van der Waals surface area contributed by atoms with E-state index in [0.717, 1.165) is 5.69 Å². The van der Waals surface area contributed by atoms with Gasteiger partial charge < -0.3 is 14.8 Å². The van der Waals surface area contributed by atoms with Crippen molar-refractivity contribution in [3.63, 3.8) is 0 Å². The average Bonchev–Trinajstić information content (AvgIpc) is 3.05. The highest BCUT2D eigenvalue weighted by molar-refractivity contribution is 6.09. The Morgan fingerprint density at radius 2 is 1.81 bits per heavy atom. The molecule has 0 aliphatic carbocycles. The number of methoxy groups -OCH3 is 2. The second kappa shape index (κ2) is 9.13. The minimum absolute atomic E-state index is 0.0837. The fourth-order valence-electron chi connectivity index (χ4n) is 3.10. The first kappa shape index (κ1) is 21.6. The van der Waals surface area contributed by atoms with E-state index in [2.05, 4.69) is 10.4 Å². The molecule has 1 N–H and O–H groups in total. The Morgan fingerprint density at radius 3 is 2.42 bits per heavy atom. The molecule has 2 aromatic carbocycles. The molecule has 0 atom stereocenters. The molecule has 158 valence electrons. The monoisotopic (exact) mass is 420 g/mol. The number of nitrogens with one attached hydrogen (secondary N) is 1. The standard InChI is InChI=1S/C23H21FN4O3/c1-14-20(15(2)28(27-14)19-8-5-17(24)6-9-19)11-16(13-25)23(29)26-18-7-10-21(30-3)22(12-18)31-4/h5-12H,1-4H3,(H,26,29)/b16-11+. The number of carbonyl (C=O) groups is 1. The maximum Gasteiger partial charge on any atom is 0.266 e. The number of hydrogen-bond donors (Lipinski definition) is 1. The molecule has 1 aromatic heterocycles. The molecule has 1 heterocycles. The maximum atomic E-state index is 13.2. The summed E-state index contributed by atoms with van der Waals surface area (Å²) in [5, 5.41) is 16.7. The Labute approximate surface area is 179 Å². The largest absolute Gasteiger partial charge is 0.493 e. The Kier molecular flexibility index (Phi) is 6.36. The van der Waals surface area contributed by atoms with Gasteiger partial charge in [0, 0.05) is 23.0 Å². The summed E-state index contributed by atoms with van der Waals surface area (Å²) in [6, 6.07) is 12.8. The molecular formula is C23H21FN4O3. The number of hydrogen-bond acceptors (Lipinski definition) is 5. The highest BCUT2D eigenvalue weighted by Gasteiger charge is 2.16. The van der Waals surface area contributed by atoms with Gasteiger partial charge in [-0.15, -0.1) is 0 Å². The van der Waals surface area contributed by atoms with Crippen LogP contribution in [-0.2, 0) is 4.79 Å². The van der Waals surface area contributed by atoms with Crippen molar-refractivity contribution in [3.05, 3.63) is 70.8 Å². The molecule has 0 saturated heterocycles. The number of anilines is 1. The predicted octanol–water partition coefficient (Wildman–Crippen LogP) is 4.19. The van der Waals surface area contributed by atoms with E-state index in [0.29, 0.717) is 34.1 Å². The topological polar surface area (TPSA) is 89.2 Å². The molecule has 31 heavy (non-hydrogen) atoms. The van der Waals surface area contributed by atoms with Gasteiger partial charge in [0.2, 0.25) is 0 Å². The molecule has 0 radical (unpaired) electrons. The fourth-order valence-corrected chi connectivity index (χ4v) is 3.10. The van der Waals surface area contributed by atoms with Gasteiger partial charge in [-0.05, 0) is 56.3 Å². The molecule has 0 aliphatic rings. The molecule has 0 bridgehead atoms. The van der Waals surface area contributed by atoms with Gasteiger partial charge in [0.15, 0.2) is 11.5 Å². The lowest BCUT2D eigenvalue weighted by molar-refractivity contribution is -0.112. The van der Waals surface area contributed by atoms with Crippen molar-refractivity contribution in [1.29, 1.82) is 5.26 Å². The number of amides is 1. The van der Waals surface area contributed by atoms with Gasteiger partial charge in [-0.2, -0.15) is 10.4 Å². The zero-order valence-corrected chi connectivity index (χ0v) is 17.6. The zero-order valence-electron chi connectivity index (χ0n) is 17.6. The summed E-state index contributed by atoms with van der Waals surface area (Å²) in [6.07, 6.45) is 1.49. The maximum absolute atomic E-state index is 13.2. The summed E-state index contributed by atoms with van der Waals surface area (Å²) in [5.41, 5.74) is 3.04. The normalized spacial score (nSPS) is 11.0. The summed E-state index contributed by atoms with van der Waals surface area (Å²) in [5.74, 6) is 0.0677. The van der Waals surface area contributed by atoms with Crippen LogP contribution in [0.25, 0.3) is 11.8 Å². The molecule has 0 aliphatic heterocycles. The third kappa shape index (κ3) is 4.56. The molecule has 0 unspecified atom stereocenters. The second-order valence-electron chi connectivity index (χ2n) is 6.67. The van der Waals surface area contributed by atoms with Gasteiger partial charge in [0.05, 0.1) is 25.6 Å². The number of nitrogens with zero attached hydrogens (tertiary/aromatic N) is 3. The molecule has 8 heteroatoms. The van der Waals surface area contributed by atoms with Crippen LogP contribution in [0.3, 0.4) is 0 Å². The minimum atomic E-state index is -0.567. The smallest absolute Gasteiger partial charge is 0.266 e. The second-order valence-corrected chi connectivity index (χ2v) is 6.67. The number of aromatic nitrogens is 2. The quantitative estimate of drug-likeness (QED) is 0.477. The van der Waals surface area contributed by atoms with Gasteiger partial charge in [-0.1, -0.05) is 0 Å². The lowest BCUT2D eigenvalue weighted by Crippen LogP contribution is -2.13. The minimum Gasteiger partial charge on any atom is -0.493 e. The lowest BCUT2D eigenvalue weighted by Gasteiger charge is -2.10. The van der Waals surface area contributed by atoms with Crippen LogP contribution < -0.4 is 14.8 Å². The van der Waals surface area contributed by atoms with E-state index < -0.39 is 5.91 Å². The van der Waals surface area contributed by atoms with Crippen molar-refractivity contribution in [2.45, 2.75) is 13.8 Å². The third-order valence-electron chi connectivity index (χ3n) is 4.71. The van der Waals surface area contributed by atoms with E-state index in [1.165, 1.54) is 32.4 Å². The van der Waals surface area contributed by atoms with Crippen LogP contribution in [0, 0.1) is 31.0 Å². The van der Waals surface area contributed by atoms with Crippen molar-refractivity contribution in [3.8, 4) is 23.3 Å². The fraction of sp³-hybridized carbons (Fsp3) is 0.174. The Bertz CT molecular complexity index is 1190. The average molecular weight is 420 g/mol. The van der Waals surface area contributed by atoms with E-state index in [1.807, 2.05) is 13.0 Å². The Balaban J connectivity index is 1.90. The molecular weight excluding hydrogens is 399 g/mol. The Morgan fingerprint density at radius 1 is 1.13 bits per heavy atom. The van der Waals surface area contributed by atoms with E-state index in [1.54, 1.807) is 41.9 Å². The van der Waals surface area contributed by atoms with Crippen molar-refractivity contribution in [2.75, 3.05) is 19.5 Å². The van der Waals surface area contributed by atoms with Gasteiger partial charge in [-0.3, -0.25) is 4.79 Å². The van der Waals surface area contributed by atoms with E-state index in [-0.39, 0.29) is 11.4 Å². The molecule has 3 rings (SSSR count). The number of benzene rings is 2. The summed E-state index contributed by atoms with van der Waals surface area (Å²) in [6.45, 7) is 3.59. The number of rotatable bonds is 6. The number of carbonyl (C=O) groups excluding carboxylic acids is 1. The van der Waals surface area contributed by atoms with E-state index >= 15 is 0 Å². The lowest BCUT2D eigenvalue weighted by atomic mass is 10.1. The predicted molar refractivity (Wildman–Crippen MR) is 115 cm³/mol. The number of halogens is 1. The third-order valence-corrected chi connectivity index (χ3v) is 4.71. The van der Waals surface area contributed by atoms with Gasteiger partial charge in [0.25, 0.3) is 5.91 Å². The Hall–Kier alpha value is -4.12. The molecule has 0 saturated carbocycles. The molecule has 1 amide bonds. The van der Waals surface area contributed by atoms with Crippen molar-refractivity contribution in [1.82, 2.24) is 9.78 Å². The number of aryl methyl sites for hydroxylation is 1. The van der Waals surface area contributed by atoms with Crippen molar-refractivity contribution < 1.29 is 18.7 Å². The van der Waals surface area contributed by atoms with Gasteiger partial charge in [-0.25, -0.2) is 9.07 Å². The number of ether oxygens (including phenoxy) is 2. The zero-order chi connectivity index (χ0) is 22.5. The molecule has 0 spiro atoms. The van der Waals surface area contributed by atoms with Crippen LogP contribution in [0.5, 0.6) is 11.5 Å². The van der Waals surface area contributed by atoms with Crippen LogP contribution >= 0.6 is 0 Å². The van der Waals surface area contributed by atoms with Gasteiger partial charge >= 0.3 is 0 Å². The van der Waals surface area contributed by atoms with Crippen LogP contribution in [-0.4, -0.2) is 29.9 Å². The van der Waals surface area contributed by atoms with E-state index in [9.17, 15) is 14.4 Å². The van der Waals surface area contributed by atoms with Crippen LogP contribution in [0.4, 0.5) is 10.1 Å². The molecule has 3 aromatic rings. The highest BCUT2D eigenvalue weighted by atomic mass is 19.1. The first-order valence-corrected chi connectivity index (χ1v) is 9.35. The van der Waals surface area contributed by atoms with Crippen LogP contribution in [0.15, 0.2) is 48.0 Å². The van der Waals surface area contributed by atoms with Crippen LogP contribution in [0.2, 0.25) is 0 Å². The van der Waals surface area contributed by atoms with Crippen molar-refractivity contribution >= 4 is 17.7 Å². The van der Waals surface area contributed by atoms with Crippen molar-refractivity contribution in [2.24, 2.45) is 0 Å². The highest BCUT2D eigenvalue weighted by Crippen LogP contribution is 2.30. The first-order chi connectivity index (χ1) is 14.9. The van der Waals surface area contributed by atoms with E-state index in [4.69, 9.17) is 9.47 Å². The number of nitriles is 1. The molecule has 0 fully saturated rings. The summed E-state index contributed by atoms with van der Waals surface area (Å²) < 4.78 is 25.3. The summed E-state index contributed by atoms with van der Waals surface area (Å²) in [4.78, 5) is 12.7. The first-order valence-electron chi connectivity index (χ1n) is 9.35. The summed E-state index contributed by atoms with van der Waals surface area (Å²) in [7, 11) is 3.01. The SMILES string of the molecule is COc1ccc(NC(=O)/C(C#N)=C/c2c(C)nn(-c3ccc(F)cc3)c2C)cc1OC. The molecule has 7 nitrogen and oxygen atoms in total. The van der Waals surface area contributed by atoms with Crippen LogP contribution in [0.1, 0.15) is 17.0 Å².